The van der Waals surface area contributed by atoms with E-state index in [0.29, 0.717) is 13.0 Å². The first-order valence-electron chi connectivity index (χ1n) is 5.36. The van der Waals surface area contributed by atoms with Crippen LogP contribution in [0.1, 0.15) is 18.9 Å². The molecule has 2 rings (SSSR count). The van der Waals surface area contributed by atoms with E-state index in [1.807, 2.05) is 13.0 Å². The highest BCUT2D eigenvalue weighted by molar-refractivity contribution is 6.30. The Kier molecular flexibility index (Phi) is 3.19. The van der Waals surface area contributed by atoms with Gasteiger partial charge in [0.2, 0.25) is 0 Å². The highest BCUT2D eigenvalue weighted by atomic mass is 35.5. The van der Waals surface area contributed by atoms with Crippen LogP contribution in [-0.4, -0.2) is 18.2 Å². The molecule has 2 atom stereocenters. The number of halogens is 2. The molecule has 2 unspecified atom stereocenters. The van der Waals surface area contributed by atoms with E-state index >= 15 is 0 Å². The quantitative estimate of drug-likeness (QED) is 0.866. The Bertz CT molecular complexity index is 399. The van der Waals surface area contributed by atoms with Crippen LogP contribution in [0.2, 0.25) is 5.02 Å². The van der Waals surface area contributed by atoms with E-state index < -0.39 is 5.82 Å². The molecule has 2 nitrogen and oxygen atoms in total. The number of ether oxygens (including phenoxy) is 1. The van der Waals surface area contributed by atoms with Gasteiger partial charge in [0.25, 0.3) is 0 Å². The third-order valence-corrected chi connectivity index (χ3v) is 3.57. The van der Waals surface area contributed by atoms with Crippen molar-refractivity contribution in [2.45, 2.75) is 31.4 Å². The molecule has 1 saturated heterocycles. The lowest BCUT2D eigenvalue weighted by molar-refractivity contribution is 0.0955. The van der Waals surface area contributed by atoms with Crippen molar-refractivity contribution < 1.29 is 9.13 Å². The minimum Gasteiger partial charge on any atom is -0.377 e. The minimum atomic E-state index is -0.394. The summed E-state index contributed by atoms with van der Waals surface area (Å²) in [4.78, 5) is 0. The van der Waals surface area contributed by atoms with Crippen molar-refractivity contribution in [3.8, 4) is 0 Å². The van der Waals surface area contributed by atoms with E-state index in [2.05, 4.69) is 0 Å². The van der Waals surface area contributed by atoms with Gasteiger partial charge in [0, 0.05) is 12.1 Å². The monoisotopic (exact) mass is 243 g/mol. The molecule has 1 heterocycles. The van der Waals surface area contributed by atoms with Crippen molar-refractivity contribution >= 4 is 11.6 Å². The van der Waals surface area contributed by atoms with Crippen LogP contribution in [0.25, 0.3) is 0 Å². The maximum atomic E-state index is 13.3. The molecule has 1 fully saturated rings. The van der Waals surface area contributed by atoms with Gasteiger partial charge >= 0.3 is 0 Å². The van der Waals surface area contributed by atoms with E-state index in [1.165, 1.54) is 6.07 Å². The van der Waals surface area contributed by atoms with E-state index in [9.17, 15) is 4.39 Å². The molecule has 1 aliphatic heterocycles. The molecule has 0 saturated carbocycles. The van der Waals surface area contributed by atoms with Crippen LogP contribution in [0, 0.1) is 5.82 Å². The smallest absolute Gasteiger partial charge is 0.142 e. The number of benzene rings is 1. The third kappa shape index (κ3) is 2.21. The van der Waals surface area contributed by atoms with E-state index in [4.69, 9.17) is 22.1 Å². The van der Waals surface area contributed by atoms with Crippen molar-refractivity contribution in [2.24, 2.45) is 5.73 Å². The summed E-state index contributed by atoms with van der Waals surface area (Å²) < 4.78 is 18.7. The van der Waals surface area contributed by atoms with Gasteiger partial charge in [0.1, 0.15) is 5.82 Å². The average Bonchev–Trinajstić information content (AvgIpc) is 2.53. The third-order valence-electron chi connectivity index (χ3n) is 3.26. The molecular formula is C12H15ClFNO. The Labute approximate surface area is 99.5 Å². The van der Waals surface area contributed by atoms with Gasteiger partial charge in [-0.1, -0.05) is 17.7 Å². The molecule has 1 aromatic carbocycles. The molecule has 88 valence electrons. The predicted octanol–water partition coefficient (Wildman–Crippen LogP) is 2.53. The summed E-state index contributed by atoms with van der Waals surface area (Å²) >= 11 is 5.63. The van der Waals surface area contributed by atoms with Crippen LogP contribution >= 0.6 is 11.6 Å². The largest absolute Gasteiger partial charge is 0.377 e. The summed E-state index contributed by atoms with van der Waals surface area (Å²) in [6.07, 6.45) is 1.42. The summed E-state index contributed by atoms with van der Waals surface area (Å²) in [6, 6.07) is 4.82. The second kappa shape index (κ2) is 4.32. The van der Waals surface area contributed by atoms with Crippen LogP contribution in [0.5, 0.6) is 0 Å². The maximum absolute atomic E-state index is 13.3. The molecule has 0 aromatic heterocycles. The first-order valence-corrected chi connectivity index (χ1v) is 5.73. The Balaban J connectivity index is 2.17. The van der Waals surface area contributed by atoms with Gasteiger partial charge < -0.3 is 10.5 Å². The van der Waals surface area contributed by atoms with Crippen molar-refractivity contribution in [2.75, 3.05) is 6.61 Å². The number of nitrogens with two attached hydrogens (primary N) is 1. The van der Waals surface area contributed by atoms with Crippen LogP contribution in [-0.2, 0) is 11.2 Å². The minimum absolute atomic E-state index is 0.00578. The fraction of sp³-hybridized carbons (Fsp3) is 0.500. The molecule has 2 N–H and O–H groups in total. The molecule has 0 spiro atoms. The van der Waals surface area contributed by atoms with Crippen LogP contribution < -0.4 is 5.73 Å². The first kappa shape index (κ1) is 11.8. The second-order valence-corrected chi connectivity index (χ2v) is 4.83. The fourth-order valence-electron chi connectivity index (χ4n) is 2.06. The van der Waals surface area contributed by atoms with Crippen LogP contribution in [0.4, 0.5) is 4.39 Å². The van der Waals surface area contributed by atoms with Gasteiger partial charge in [-0.2, -0.15) is 0 Å². The predicted molar refractivity (Wildman–Crippen MR) is 62.1 cm³/mol. The SMILES string of the molecule is CC1OCCC1(N)Cc1ccc(Cl)c(F)c1. The molecule has 0 bridgehead atoms. The van der Waals surface area contributed by atoms with Crippen molar-refractivity contribution in [3.63, 3.8) is 0 Å². The van der Waals surface area contributed by atoms with Crippen molar-refractivity contribution in [1.29, 1.82) is 0 Å². The standard InChI is InChI=1S/C12H15ClFNO/c1-8-12(15,4-5-16-8)7-9-2-3-10(13)11(14)6-9/h2-3,6,8H,4-5,7,15H2,1H3. The maximum Gasteiger partial charge on any atom is 0.142 e. The molecule has 4 heteroatoms. The summed E-state index contributed by atoms with van der Waals surface area (Å²) in [5.41, 5.74) is 6.72. The molecule has 1 aromatic rings. The number of hydrogen-bond donors (Lipinski definition) is 1. The number of hydrogen-bond acceptors (Lipinski definition) is 2. The van der Waals surface area contributed by atoms with E-state index in [0.717, 1.165) is 12.0 Å². The average molecular weight is 244 g/mol. The lowest BCUT2D eigenvalue weighted by atomic mass is 9.86. The topological polar surface area (TPSA) is 35.2 Å². The molecular weight excluding hydrogens is 229 g/mol. The summed E-state index contributed by atoms with van der Waals surface area (Å²) in [5, 5.41) is 0.144. The normalized spacial score (nSPS) is 29.6. The zero-order valence-electron chi connectivity index (χ0n) is 9.17. The molecule has 0 amide bonds. The lowest BCUT2D eigenvalue weighted by Crippen LogP contribution is -2.48. The van der Waals surface area contributed by atoms with Crippen molar-refractivity contribution in [3.05, 3.63) is 34.6 Å². The van der Waals surface area contributed by atoms with Gasteiger partial charge in [0.05, 0.1) is 11.1 Å². The first-order chi connectivity index (χ1) is 7.51. The summed E-state index contributed by atoms with van der Waals surface area (Å²) in [5.74, 6) is -0.394. The zero-order valence-corrected chi connectivity index (χ0v) is 9.93. The van der Waals surface area contributed by atoms with Gasteiger partial charge in [-0.15, -0.1) is 0 Å². The zero-order chi connectivity index (χ0) is 11.8. The van der Waals surface area contributed by atoms with Crippen molar-refractivity contribution in [1.82, 2.24) is 0 Å². The molecule has 0 radical (unpaired) electrons. The highest BCUT2D eigenvalue weighted by Gasteiger charge is 2.37. The van der Waals surface area contributed by atoms with E-state index in [-0.39, 0.29) is 16.7 Å². The van der Waals surface area contributed by atoms with Gasteiger partial charge in [0.15, 0.2) is 0 Å². The Morgan fingerprint density at radius 1 is 1.62 bits per heavy atom. The summed E-state index contributed by atoms with van der Waals surface area (Å²) in [6.45, 7) is 2.63. The molecule has 1 aliphatic rings. The Morgan fingerprint density at radius 2 is 2.38 bits per heavy atom. The van der Waals surface area contributed by atoms with E-state index in [1.54, 1.807) is 6.07 Å². The van der Waals surface area contributed by atoms with Gasteiger partial charge in [-0.3, -0.25) is 0 Å². The highest BCUT2D eigenvalue weighted by Crippen LogP contribution is 2.28. The van der Waals surface area contributed by atoms with Gasteiger partial charge in [-0.25, -0.2) is 4.39 Å². The lowest BCUT2D eigenvalue weighted by Gasteiger charge is -2.27. The Hall–Kier alpha value is -0.640. The van der Waals surface area contributed by atoms with Gasteiger partial charge in [-0.05, 0) is 37.5 Å². The Morgan fingerprint density at radius 3 is 2.94 bits per heavy atom. The second-order valence-electron chi connectivity index (χ2n) is 4.42. The summed E-state index contributed by atoms with van der Waals surface area (Å²) in [7, 11) is 0. The van der Waals surface area contributed by atoms with Crippen LogP contribution in [0.15, 0.2) is 18.2 Å². The number of rotatable bonds is 2. The fourth-order valence-corrected chi connectivity index (χ4v) is 2.17. The van der Waals surface area contributed by atoms with Crippen LogP contribution in [0.3, 0.4) is 0 Å². The molecule has 16 heavy (non-hydrogen) atoms. The molecule has 0 aliphatic carbocycles.